The number of nitrogens with zero attached hydrogens (tertiary/aromatic N) is 3. The van der Waals surface area contributed by atoms with E-state index in [-0.39, 0.29) is 18.6 Å². The van der Waals surface area contributed by atoms with Crippen LogP contribution < -0.4 is 5.73 Å². The normalized spacial score (nSPS) is 17.9. The van der Waals surface area contributed by atoms with Crippen LogP contribution in [0.5, 0.6) is 0 Å². The summed E-state index contributed by atoms with van der Waals surface area (Å²) in [7, 11) is 0. The van der Waals surface area contributed by atoms with Crippen molar-refractivity contribution in [2.24, 2.45) is 0 Å². The van der Waals surface area contributed by atoms with Gasteiger partial charge in [-0.15, -0.1) is 0 Å². The molecule has 1 fully saturated rings. The van der Waals surface area contributed by atoms with Gasteiger partial charge in [-0.2, -0.15) is 0 Å². The first-order chi connectivity index (χ1) is 13.0. The second-order valence-corrected chi connectivity index (χ2v) is 6.61. The van der Waals surface area contributed by atoms with E-state index in [2.05, 4.69) is 9.88 Å². The predicted molar refractivity (Wildman–Crippen MR) is 96.8 cm³/mol. The van der Waals surface area contributed by atoms with Gasteiger partial charge in [-0.1, -0.05) is 6.07 Å². The number of rotatable bonds is 5. The number of pyridine rings is 1. The molecule has 0 saturated carbocycles. The maximum atomic E-state index is 13.5. The van der Waals surface area contributed by atoms with Crippen LogP contribution in [-0.4, -0.2) is 58.1 Å². The minimum absolute atomic E-state index is 0.0234. The van der Waals surface area contributed by atoms with E-state index < -0.39 is 11.6 Å². The van der Waals surface area contributed by atoms with E-state index in [9.17, 15) is 18.7 Å². The van der Waals surface area contributed by atoms with Crippen LogP contribution >= 0.6 is 0 Å². The summed E-state index contributed by atoms with van der Waals surface area (Å²) in [6.45, 7) is 1.90. The quantitative estimate of drug-likeness (QED) is 0.829. The molecular formula is C19H22F2N4O2. The third kappa shape index (κ3) is 4.58. The lowest BCUT2D eigenvalue weighted by atomic mass is 10.1. The van der Waals surface area contributed by atoms with Crippen molar-refractivity contribution in [3.63, 3.8) is 0 Å². The predicted octanol–water partition coefficient (Wildman–Crippen LogP) is 1.65. The lowest BCUT2D eigenvalue weighted by Crippen LogP contribution is -2.54. The van der Waals surface area contributed by atoms with Crippen LogP contribution in [0.25, 0.3) is 0 Å². The molecule has 1 aromatic heterocycles. The second kappa shape index (κ2) is 8.41. The summed E-state index contributed by atoms with van der Waals surface area (Å²) in [6.07, 6.45) is 1.93. The molecule has 3 rings (SSSR count). The Balaban J connectivity index is 1.69. The summed E-state index contributed by atoms with van der Waals surface area (Å²) in [5, 5.41) is 9.39. The first-order valence-electron chi connectivity index (χ1n) is 8.77. The molecule has 27 heavy (non-hydrogen) atoms. The molecule has 3 N–H and O–H groups in total. The van der Waals surface area contributed by atoms with Crippen molar-refractivity contribution in [3.05, 3.63) is 59.3 Å². The summed E-state index contributed by atoms with van der Waals surface area (Å²) in [6, 6.07) is 6.98. The van der Waals surface area contributed by atoms with Crippen LogP contribution in [-0.2, 0) is 6.54 Å². The second-order valence-electron chi connectivity index (χ2n) is 6.61. The Labute approximate surface area is 156 Å². The Morgan fingerprint density at radius 3 is 2.70 bits per heavy atom. The number of benzene rings is 1. The molecule has 8 heteroatoms. The number of halogens is 2. The molecule has 0 spiro atoms. The molecule has 0 unspecified atom stereocenters. The SMILES string of the molecule is Nc1ccc(C(=O)N2CCN(Cc3ccc(F)c(F)c3)[C@H](CCO)C2)cn1. The fraction of sp³-hybridized carbons (Fsp3) is 0.368. The van der Waals surface area contributed by atoms with Gasteiger partial charge >= 0.3 is 0 Å². The molecule has 144 valence electrons. The number of piperazine rings is 1. The molecular weight excluding hydrogens is 354 g/mol. The van der Waals surface area contributed by atoms with Crippen LogP contribution in [0.4, 0.5) is 14.6 Å². The topological polar surface area (TPSA) is 82.7 Å². The van der Waals surface area contributed by atoms with E-state index in [1.807, 2.05) is 0 Å². The lowest BCUT2D eigenvalue weighted by Gasteiger charge is -2.41. The van der Waals surface area contributed by atoms with E-state index in [1.165, 1.54) is 12.3 Å². The van der Waals surface area contributed by atoms with Gasteiger partial charge in [-0.05, 0) is 36.2 Å². The van der Waals surface area contributed by atoms with E-state index in [1.54, 1.807) is 23.1 Å². The minimum atomic E-state index is -0.879. The number of carbonyl (C=O) groups is 1. The number of aliphatic hydroxyl groups excluding tert-OH is 1. The lowest BCUT2D eigenvalue weighted by molar-refractivity contribution is 0.0394. The number of nitrogen functional groups attached to an aromatic ring is 1. The third-order valence-corrected chi connectivity index (χ3v) is 4.76. The number of hydrogen-bond donors (Lipinski definition) is 2. The highest BCUT2D eigenvalue weighted by Crippen LogP contribution is 2.19. The number of amides is 1. The zero-order valence-electron chi connectivity index (χ0n) is 14.8. The molecule has 1 aliphatic rings. The van der Waals surface area contributed by atoms with Gasteiger partial charge in [0.2, 0.25) is 0 Å². The van der Waals surface area contributed by atoms with Gasteiger partial charge in [0.25, 0.3) is 5.91 Å². The van der Waals surface area contributed by atoms with Gasteiger partial charge in [0.15, 0.2) is 11.6 Å². The number of aromatic nitrogens is 1. The molecule has 1 aromatic carbocycles. The van der Waals surface area contributed by atoms with Crippen LogP contribution in [0.2, 0.25) is 0 Å². The summed E-state index contributed by atoms with van der Waals surface area (Å²) >= 11 is 0. The molecule has 1 amide bonds. The van der Waals surface area contributed by atoms with Crippen molar-refractivity contribution < 1.29 is 18.7 Å². The van der Waals surface area contributed by atoms with Gasteiger partial charge in [-0.3, -0.25) is 9.69 Å². The summed E-state index contributed by atoms with van der Waals surface area (Å²) in [5.74, 6) is -1.55. The Morgan fingerprint density at radius 1 is 1.22 bits per heavy atom. The average molecular weight is 376 g/mol. The van der Waals surface area contributed by atoms with Crippen molar-refractivity contribution in [2.45, 2.75) is 19.0 Å². The highest BCUT2D eigenvalue weighted by Gasteiger charge is 2.30. The minimum Gasteiger partial charge on any atom is -0.396 e. The van der Waals surface area contributed by atoms with Gasteiger partial charge in [0.1, 0.15) is 5.82 Å². The molecule has 1 atom stereocenters. The molecule has 2 heterocycles. The average Bonchev–Trinajstić information content (AvgIpc) is 2.66. The smallest absolute Gasteiger partial charge is 0.255 e. The van der Waals surface area contributed by atoms with Crippen molar-refractivity contribution in [1.82, 2.24) is 14.8 Å². The van der Waals surface area contributed by atoms with Crippen molar-refractivity contribution in [2.75, 3.05) is 32.0 Å². The fourth-order valence-electron chi connectivity index (χ4n) is 3.30. The highest BCUT2D eigenvalue weighted by molar-refractivity contribution is 5.94. The van der Waals surface area contributed by atoms with E-state index in [4.69, 9.17) is 5.73 Å². The number of hydrogen-bond acceptors (Lipinski definition) is 5. The van der Waals surface area contributed by atoms with Gasteiger partial charge < -0.3 is 15.7 Å². The number of aliphatic hydroxyl groups is 1. The molecule has 0 radical (unpaired) electrons. The Morgan fingerprint density at radius 2 is 2.04 bits per heavy atom. The van der Waals surface area contributed by atoms with Gasteiger partial charge in [0, 0.05) is 45.0 Å². The van der Waals surface area contributed by atoms with E-state index in [0.29, 0.717) is 49.5 Å². The van der Waals surface area contributed by atoms with E-state index >= 15 is 0 Å². The summed E-state index contributed by atoms with van der Waals surface area (Å²) in [5.41, 5.74) is 6.67. The van der Waals surface area contributed by atoms with Crippen LogP contribution in [0.3, 0.4) is 0 Å². The number of nitrogens with two attached hydrogens (primary N) is 1. The summed E-state index contributed by atoms with van der Waals surface area (Å²) < 4.78 is 26.6. The van der Waals surface area contributed by atoms with Crippen molar-refractivity contribution >= 4 is 11.7 Å². The molecule has 6 nitrogen and oxygen atoms in total. The number of carbonyl (C=O) groups excluding carboxylic acids is 1. The van der Waals surface area contributed by atoms with Crippen LogP contribution in [0.1, 0.15) is 22.3 Å². The maximum Gasteiger partial charge on any atom is 0.255 e. The molecule has 1 aliphatic heterocycles. The number of anilines is 1. The van der Waals surface area contributed by atoms with Crippen molar-refractivity contribution in [3.8, 4) is 0 Å². The van der Waals surface area contributed by atoms with Crippen molar-refractivity contribution in [1.29, 1.82) is 0 Å². The highest BCUT2D eigenvalue weighted by atomic mass is 19.2. The fourth-order valence-corrected chi connectivity index (χ4v) is 3.30. The Bertz CT molecular complexity index is 801. The summed E-state index contributed by atoms with van der Waals surface area (Å²) in [4.78, 5) is 20.4. The Kier molecular flexibility index (Phi) is 5.98. The monoisotopic (exact) mass is 376 g/mol. The van der Waals surface area contributed by atoms with Gasteiger partial charge in [-0.25, -0.2) is 13.8 Å². The van der Waals surface area contributed by atoms with Crippen LogP contribution in [0, 0.1) is 11.6 Å². The zero-order chi connectivity index (χ0) is 19.4. The molecule has 0 bridgehead atoms. The first kappa shape index (κ1) is 19.2. The van der Waals surface area contributed by atoms with Crippen LogP contribution in [0.15, 0.2) is 36.5 Å². The Hall–Kier alpha value is -2.58. The third-order valence-electron chi connectivity index (χ3n) is 4.76. The van der Waals surface area contributed by atoms with E-state index in [0.717, 1.165) is 6.07 Å². The zero-order valence-corrected chi connectivity index (χ0v) is 14.8. The largest absolute Gasteiger partial charge is 0.396 e. The van der Waals surface area contributed by atoms with Gasteiger partial charge in [0.05, 0.1) is 5.56 Å². The molecule has 0 aliphatic carbocycles. The molecule has 1 saturated heterocycles. The maximum absolute atomic E-state index is 13.5. The molecule has 2 aromatic rings. The first-order valence-corrected chi connectivity index (χ1v) is 8.77. The standard InChI is InChI=1S/C19H22F2N4O2/c20-16-3-1-13(9-17(16)21)11-24-6-7-25(12-15(24)5-8-26)19(27)14-2-4-18(22)23-10-14/h1-4,9-10,15,26H,5-8,11-12H2,(H2,22,23)/t15-/m1/s1.